The Labute approximate surface area is 163 Å². The van der Waals surface area contributed by atoms with Gasteiger partial charge in [-0.2, -0.15) is 5.10 Å². The van der Waals surface area contributed by atoms with E-state index in [-0.39, 0.29) is 17.9 Å². The lowest BCUT2D eigenvalue weighted by molar-refractivity contribution is 0.0984. The second-order valence-corrected chi connectivity index (χ2v) is 7.29. The number of carbonyl (C=O) groups excluding carboxylic acids is 1. The number of Topliss-reactive ketones (excluding diaryl/α,β-unsaturated/α-hetero) is 1. The van der Waals surface area contributed by atoms with Gasteiger partial charge in [-0.15, -0.1) is 16.4 Å². The highest BCUT2D eigenvalue weighted by Crippen LogP contribution is 2.30. The number of halogens is 3. The highest BCUT2D eigenvalue weighted by molar-refractivity contribution is 9.10. The van der Waals surface area contributed by atoms with Crippen molar-refractivity contribution in [3.63, 3.8) is 0 Å². The molecule has 138 valence electrons. The second-order valence-electron chi connectivity index (χ2n) is 5.73. The second kappa shape index (κ2) is 6.89. The van der Waals surface area contributed by atoms with E-state index in [2.05, 4.69) is 36.1 Å². The Kier molecular flexibility index (Phi) is 4.56. The van der Waals surface area contributed by atoms with Gasteiger partial charge in [-0.3, -0.25) is 9.48 Å². The summed E-state index contributed by atoms with van der Waals surface area (Å²) in [5, 5.41) is 9.86. The van der Waals surface area contributed by atoms with Crippen LogP contribution < -0.4 is 0 Å². The monoisotopic (exact) mass is 452 g/mol. The highest BCUT2D eigenvalue weighted by Gasteiger charge is 2.22. The van der Waals surface area contributed by atoms with Gasteiger partial charge in [-0.1, -0.05) is 0 Å². The summed E-state index contributed by atoms with van der Waals surface area (Å²) in [5.41, 5.74) is 1.84. The van der Waals surface area contributed by atoms with Crippen LogP contribution in [-0.4, -0.2) is 35.1 Å². The van der Waals surface area contributed by atoms with E-state index >= 15 is 0 Å². The summed E-state index contributed by atoms with van der Waals surface area (Å²) >= 11 is 4.27. The van der Waals surface area contributed by atoms with E-state index in [9.17, 15) is 13.6 Å². The molecule has 0 radical (unpaired) electrons. The molecule has 0 unspecified atom stereocenters. The molecule has 0 aliphatic heterocycles. The van der Waals surface area contributed by atoms with Crippen LogP contribution in [0.15, 0.2) is 34.6 Å². The quantitative estimate of drug-likeness (QED) is 0.431. The lowest BCUT2D eigenvalue weighted by Crippen LogP contribution is -2.11. The molecule has 0 spiro atoms. The molecule has 7 nitrogen and oxygen atoms in total. The van der Waals surface area contributed by atoms with Crippen LogP contribution in [0.3, 0.4) is 0 Å². The number of nitrogens with zero attached hydrogens (tertiary/aromatic N) is 6. The van der Waals surface area contributed by atoms with E-state index in [4.69, 9.17) is 0 Å². The first-order valence-corrected chi connectivity index (χ1v) is 9.39. The van der Waals surface area contributed by atoms with Crippen molar-refractivity contribution in [3.05, 3.63) is 51.6 Å². The van der Waals surface area contributed by atoms with Gasteiger partial charge in [0, 0.05) is 25.0 Å². The van der Waals surface area contributed by atoms with E-state index < -0.39 is 6.43 Å². The molecule has 0 saturated heterocycles. The minimum atomic E-state index is -2.65. The minimum Gasteiger partial charge on any atom is -0.292 e. The predicted molar refractivity (Wildman–Crippen MR) is 98.0 cm³/mol. The van der Waals surface area contributed by atoms with Crippen LogP contribution >= 0.6 is 27.3 Å². The Balaban J connectivity index is 1.65. The number of alkyl halides is 2. The molecular formula is C16H11BrF2N6OS. The fraction of sp³-hybridized carbons (Fsp3) is 0.188. The van der Waals surface area contributed by atoms with Gasteiger partial charge in [-0.25, -0.2) is 23.3 Å². The molecule has 0 saturated carbocycles. The van der Waals surface area contributed by atoms with Crippen LogP contribution in [0.25, 0.3) is 16.2 Å². The van der Waals surface area contributed by atoms with Crippen LogP contribution in [0.5, 0.6) is 0 Å². The number of carbonyl (C=O) groups is 1. The van der Waals surface area contributed by atoms with Crippen molar-refractivity contribution in [1.29, 1.82) is 0 Å². The molecule has 4 aromatic rings. The largest absolute Gasteiger partial charge is 0.292 e. The van der Waals surface area contributed by atoms with Crippen molar-refractivity contribution in [1.82, 2.24) is 29.4 Å². The molecule has 0 bridgehead atoms. The van der Waals surface area contributed by atoms with Crippen LogP contribution in [0.4, 0.5) is 8.78 Å². The summed E-state index contributed by atoms with van der Waals surface area (Å²) in [6.07, 6.45) is 0.649. The topological polar surface area (TPSA) is 78.0 Å². The average Bonchev–Trinajstić information content (AvgIpc) is 3.31. The van der Waals surface area contributed by atoms with Gasteiger partial charge < -0.3 is 0 Å². The van der Waals surface area contributed by atoms with Crippen molar-refractivity contribution in [2.75, 3.05) is 0 Å². The van der Waals surface area contributed by atoms with Gasteiger partial charge in [0.2, 0.25) is 4.73 Å². The molecule has 0 amide bonds. The van der Waals surface area contributed by atoms with Crippen molar-refractivity contribution in [2.45, 2.75) is 12.8 Å². The molecule has 0 aliphatic carbocycles. The molecule has 0 N–H and O–H groups in total. The third-order valence-electron chi connectivity index (χ3n) is 3.92. The van der Waals surface area contributed by atoms with Gasteiger partial charge in [0.1, 0.15) is 16.4 Å². The van der Waals surface area contributed by atoms with E-state index in [0.717, 1.165) is 16.9 Å². The van der Waals surface area contributed by atoms with Crippen LogP contribution in [0.2, 0.25) is 0 Å². The fourth-order valence-corrected chi connectivity index (χ4v) is 3.89. The minimum absolute atomic E-state index is 0.112. The normalized spacial score (nSPS) is 11.6. The third-order valence-corrected chi connectivity index (χ3v) is 5.15. The van der Waals surface area contributed by atoms with Crippen LogP contribution in [0, 0.1) is 0 Å². The molecule has 4 rings (SSSR count). The third kappa shape index (κ3) is 3.39. The van der Waals surface area contributed by atoms with Gasteiger partial charge in [-0.05, 0) is 33.6 Å². The number of hydrogen-bond acceptors (Lipinski definition) is 6. The first-order chi connectivity index (χ1) is 12.9. The summed E-state index contributed by atoms with van der Waals surface area (Å²) in [6.45, 7) is 0. The van der Waals surface area contributed by atoms with E-state index in [1.165, 1.54) is 16.3 Å². The Morgan fingerprint density at radius 2 is 2.19 bits per heavy atom. The summed E-state index contributed by atoms with van der Waals surface area (Å²) in [6, 6.07) is 3.55. The molecule has 0 aliphatic rings. The molecular weight excluding hydrogens is 442 g/mol. The molecule has 27 heavy (non-hydrogen) atoms. The smallest absolute Gasteiger partial charge is 0.281 e. The van der Waals surface area contributed by atoms with E-state index in [0.29, 0.717) is 26.6 Å². The van der Waals surface area contributed by atoms with Gasteiger partial charge in [0.25, 0.3) is 6.43 Å². The predicted octanol–water partition coefficient (Wildman–Crippen LogP) is 3.71. The number of thiazole rings is 1. The number of aryl methyl sites for hydroxylation is 1. The zero-order chi connectivity index (χ0) is 19.1. The van der Waals surface area contributed by atoms with Gasteiger partial charge in [0.05, 0.1) is 11.8 Å². The number of rotatable bonds is 5. The molecule has 0 fully saturated rings. The fourth-order valence-electron chi connectivity index (χ4n) is 2.71. The summed E-state index contributed by atoms with van der Waals surface area (Å²) < 4.78 is 29.1. The maximum Gasteiger partial charge on any atom is 0.281 e. The lowest BCUT2D eigenvalue weighted by atomic mass is 10.1. The Bertz CT molecular complexity index is 1150. The molecule has 4 heterocycles. The van der Waals surface area contributed by atoms with Crippen molar-refractivity contribution in [3.8, 4) is 10.6 Å². The maximum atomic E-state index is 12.9. The van der Waals surface area contributed by atoms with E-state index in [1.807, 2.05) is 0 Å². The van der Waals surface area contributed by atoms with Crippen molar-refractivity contribution >= 4 is 38.7 Å². The van der Waals surface area contributed by atoms with Crippen molar-refractivity contribution < 1.29 is 13.6 Å². The standard InChI is InChI=1S/C16H11BrF2N6OS/c1-24-13(9(6-20-24)15-21-10(7-27-15)14(18)19)11(26)4-8-2-3-25-12(5-8)22-16(17)23-25/h2-3,5-7,14H,4H2,1H3. The molecule has 4 aromatic heterocycles. The molecule has 11 heteroatoms. The maximum absolute atomic E-state index is 12.9. The zero-order valence-corrected chi connectivity index (χ0v) is 16.2. The number of hydrogen-bond donors (Lipinski definition) is 0. The lowest BCUT2D eigenvalue weighted by Gasteiger charge is -2.05. The number of pyridine rings is 1. The Morgan fingerprint density at radius 3 is 2.93 bits per heavy atom. The molecule has 0 aromatic carbocycles. The van der Waals surface area contributed by atoms with E-state index in [1.54, 1.807) is 29.9 Å². The van der Waals surface area contributed by atoms with Crippen molar-refractivity contribution in [2.24, 2.45) is 7.05 Å². The average molecular weight is 453 g/mol. The Hall–Kier alpha value is -2.53. The van der Waals surface area contributed by atoms with Gasteiger partial charge in [0.15, 0.2) is 11.4 Å². The molecule has 0 atom stereocenters. The summed E-state index contributed by atoms with van der Waals surface area (Å²) in [4.78, 5) is 21.0. The number of ketones is 1. The summed E-state index contributed by atoms with van der Waals surface area (Å²) in [7, 11) is 1.64. The van der Waals surface area contributed by atoms with Crippen LogP contribution in [-0.2, 0) is 13.5 Å². The summed E-state index contributed by atoms with van der Waals surface area (Å²) in [5.74, 6) is -0.193. The highest BCUT2D eigenvalue weighted by atomic mass is 79.9. The first-order valence-electron chi connectivity index (χ1n) is 7.72. The SMILES string of the molecule is Cn1ncc(-c2nc(C(F)F)cs2)c1C(=O)Cc1ccn2nc(Br)nc2c1. The number of fused-ring (bicyclic) bond motifs is 1. The zero-order valence-electron chi connectivity index (χ0n) is 13.8. The van der Waals surface area contributed by atoms with Gasteiger partial charge >= 0.3 is 0 Å². The first kappa shape index (κ1) is 17.9. The number of aromatic nitrogens is 6. The van der Waals surface area contributed by atoms with Crippen LogP contribution in [0.1, 0.15) is 28.2 Å². The Morgan fingerprint density at radius 1 is 1.37 bits per heavy atom.